The quantitative estimate of drug-likeness (QED) is 0.398. The van der Waals surface area contributed by atoms with Crippen LogP contribution in [0.3, 0.4) is 0 Å². The van der Waals surface area contributed by atoms with E-state index >= 15 is 0 Å². The summed E-state index contributed by atoms with van der Waals surface area (Å²) in [7, 11) is 0. The Morgan fingerprint density at radius 3 is 2.33 bits per heavy atom. The van der Waals surface area contributed by atoms with Crippen LogP contribution in [-0.2, 0) is 17.8 Å². The molecule has 2 N–H and O–H groups in total. The van der Waals surface area contributed by atoms with Gasteiger partial charge in [0.15, 0.2) is 0 Å². The van der Waals surface area contributed by atoms with Crippen LogP contribution in [-0.4, -0.2) is 23.0 Å². The second kappa shape index (κ2) is 10.0. The van der Waals surface area contributed by atoms with Gasteiger partial charge in [0, 0.05) is 12.0 Å². The molecule has 0 heterocycles. The first kappa shape index (κ1) is 22.1. The van der Waals surface area contributed by atoms with Crippen molar-refractivity contribution in [3.63, 3.8) is 0 Å². The van der Waals surface area contributed by atoms with Crippen LogP contribution < -0.4 is 10.1 Å². The summed E-state index contributed by atoms with van der Waals surface area (Å²) in [4.78, 5) is 24.4. The zero-order valence-electron chi connectivity index (χ0n) is 18.3. The van der Waals surface area contributed by atoms with Crippen LogP contribution in [0.4, 0.5) is 0 Å². The van der Waals surface area contributed by atoms with E-state index in [1.54, 1.807) is 12.1 Å². The van der Waals surface area contributed by atoms with E-state index in [-0.39, 0.29) is 6.42 Å². The first-order valence-corrected chi connectivity index (χ1v) is 10.8. The number of rotatable bonds is 8. The fourth-order valence-corrected chi connectivity index (χ4v) is 3.68. The molecule has 4 rings (SSSR count). The fraction of sp³-hybridized carbons (Fsp3) is 0.143. The number of fused-ring (bicyclic) bond motifs is 1. The number of nitrogens with one attached hydrogen (secondary N) is 1. The molecule has 166 valence electrons. The van der Waals surface area contributed by atoms with Crippen LogP contribution in [0, 0.1) is 6.92 Å². The minimum absolute atomic E-state index is 0.219. The van der Waals surface area contributed by atoms with E-state index in [9.17, 15) is 14.7 Å². The Bertz CT molecular complexity index is 1280. The minimum atomic E-state index is -1.07. The van der Waals surface area contributed by atoms with Gasteiger partial charge in [-0.15, -0.1) is 0 Å². The molecule has 0 saturated carbocycles. The Labute approximate surface area is 192 Å². The van der Waals surface area contributed by atoms with Crippen molar-refractivity contribution in [2.75, 3.05) is 0 Å². The Morgan fingerprint density at radius 2 is 1.58 bits per heavy atom. The van der Waals surface area contributed by atoms with Gasteiger partial charge in [-0.3, -0.25) is 4.79 Å². The first-order valence-electron chi connectivity index (χ1n) is 10.8. The molecule has 1 amide bonds. The van der Waals surface area contributed by atoms with Gasteiger partial charge in [-0.1, -0.05) is 66.7 Å². The van der Waals surface area contributed by atoms with Gasteiger partial charge in [0.1, 0.15) is 18.4 Å². The second-order valence-corrected chi connectivity index (χ2v) is 7.99. The van der Waals surface area contributed by atoms with Crippen molar-refractivity contribution in [3.05, 3.63) is 113 Å². The van der Waals surface area contributed by atoms with Crippen molar-refractivity contribution < 1.29 is 19.4 Å². The average molecular weight is 440 g/mol. The van der Waals surface area contributed by atoms with E-state index in [1.165, 1.54) is 5.56 Å². The van der Waals surface area contributed by atoms with E-state index in [2.05, 4.69) is 18.3 Å². The number of carbonyl (C=O) groups is 2. The number of ether oxygens (including phenoxy) is 1. The molecule has 0 aliphatic heterocycles. The molecule has 4 aromatic carbocycles. The molecule has 5 nitrogen and oxygen atoms in total. The van der Waals surface area contributed by atoms with Crippen LogP contribution >= 0.6 is 0 Å². The lowest BCUT2D eigenvalue weighted by Crippen LogP contribution is -2.42. The van der Waals surface area contributed by atoms with Crippen molar-refractivity contribution in [3.8, 4) is 5.75 Å². The van der Waals surface area contributed by atoms with Gasteiger partial charge in [0.05, 0.1) is 0 Å². The summed E-state index contributed by atoms with van der Waals surface area (Å²) < 4.78 is 5.95. The molecule has 5 heteroatoms. The standard InChI is InChI=1S/C28H25NO4/c1-19-7-5-6-10-24(19)18-33-25-14-13-21-16-23(12-11-22(21)17-25)27(30)29-26(28(31)32)15-20-8-3-2-4-9-20/h2-14,16-17,26H,15,18H2,1H3,(H,29,30)(H,31,32)/t26-/m0/s1. The molecule has 0 unspecified atom stereocenters. The van der Waals surface area contributed by atoms with Crippen molar-refractivity contribution in [2.45, 2.75) is 26.0 Å². The predicted molar refractivity (Wildman–Crippen MR) is 128 cm³/mol. The average Bonchev–Trinajstić information content (AvgIpc) is 2.83. The zero-order valence-corrected chi connectivity index (χ0v) is 18.3. The first-order chi connectivity index (χ1) is 16.0. The number of aliphatic carboxylic acids is 1. The maximum atomic E-state index is 12.8. The third-order valence-electron chi connectivity index (χ3n) is 5.62. The number of carbonyl (C=O) groups excluding carboxylic acids is 1. The predicted octanol–water partition coefficient (Wildman–Crippen LogP) is 5.15. The van der Waals surface area contributed by atoms with E-state index in [0.29, 0.717) is 12.2 Å². The van der Waals surface area contributed by atoms with Gasteiger partial charge in [-0.05, 0) is 58.7 Å². The topological polar surface area (TPSA) is 75.6 Å². The molecule has 0 bridgehead atoms. The molecule has 4 aromatic rings. The maximum absolute atomic E-state index is 12.8. The van der Waals surface area contributed by atoms with Crippen LogP contribution in [0.25, 0.3) is 10.8 Å². The SMILES string of the molecule is Cc1ccccc1COc1ccc2cc(C(=O)N[C@@H](Cc3ccccc3)C(=O)O)ccc2c1. The summed E-state index contributed by atoms with van der Waals surface area (Å²) in [5.74, 6) is -0.736. The van der Waals surface area contributed by atoms with Crippen molar-refractivity contribution in [2.24, 2.45) is 0 Å². The number of aryl methyl sites for hydroxylation is 1. The lowest BCUT2D eigenvalue weighted by molar-refractivity contribution is -0.139. The van der Waals surface area contributed by atoms with E-state index in [0.717, 1.165) is 27.6 Å². The monoisotopic (exact) mass is 439 g/mol. The Balaban J connectivity index is 1.45. The summed E-state index contributed by atoms with van der Waals surface area (Å²) in [5.41, 5.74) is 3.58. The number of carboxylic acids is 1. The molecule has 0 aliphatic carbocycles. The number of hydrogen-bond donors (Lipinski definition) is 2. The van der Waals surface area contributed by atoms with Gasteiger partial charge in [0.2, 0.25) is 0 Å². The van der Waals surface area contributed by atoms with E-state index < -0.39 is 17.9 Å². The smallest absolute Gasteiger partial charge is 0.326 e. The zero-order chi connectivity index (χ0) is 23.2. The number of benzene rings is 4. The molecule has 0 aliphatic rings. The van der Waals surface area contributed by atoms with Crippen LogP contribution in [0.5, 0.6) is 5.75 Å². The van der Waals surface area contributed by atoms with Crippen molar-refractivity contribution in [1.82, 2.24) is 5.32 Å². The van der Waals surface area contributed by atoms with E-state index in [4.69, 9.17) is 4.74 Å². The minimum Gasteiger partial charge on any atom is -0.489 e. The van der Waals surface area contributed by atoms with Gasteiger partial charge in [-0.25, -0.2) is 4.79 Å². The third kappa shape index (κ3) is 5.57. The summed E-state index contributed by atoms with van der Waals surface area (Å²) in [6.45, 7) is 2.54. The van der Waals surface area contributed by atoms with Crippen molar-refractivity contribution >= 4 is 22.6 Å². The van der Waals surface area contributed by atoms with Gasteiger partial charge in [0.25, 0.3) is 5.91 Å². The highest BCUT2D eigenvalue weighted by Crippen LogP contribution is 2.23. The molecule has 1 atom stereocenters. The van der Waals surface area contributed by atoms with Gasteiger partial charge in [-0.2, -0.15) is 0 Å². The highest BCUT2D eigenvalue weighted by atomic mass is 16.5. The molecular weight excluding hydrogens is 414 g/mol. The largest absolute Gasteiger partial charge is 0.489 e. The maximum Gasteiger partial charge on any atom is 0.326 e. The highest BCUT2D eigenvalue weighted by molar-refractivity contribution is 6.00. The fourth-order valence-electron chi connectivity index (χ4n) is 3.68. The summed E-state index contributed by atoms with van der Waals surface area (Å²) in [6.07, 6.45) is 0.219. The van der Waals surface area contributed by atoms with Crippen molar-refractivity contribution in [1.29, 1.82) is 0 Å². The lowest BCUT2D eigenvalue weighted by atomic mass is 10.0. The lowest BCUT2D eigenvalue weighted by Gasteiger charge is -2.15. The van der Waals surface area contributed by atoms with Crippen LogP contribution in [0.2, 0.25) is 0 Å². The highest BCUT2D eigenvalue weighted by Gasteiger charge is 2.21. The summed E-state index contributed by atoms with van der Waals surface area (Å²) in [6, 6.07) is 27.4. The number of hydrogen-bond acceptors (Lipinski definition) is 3. The molecule has 0 spiro atoms. The van der Waals surface area contributed by atoms with Crippen LogP contribution in [0.15, 0.2) is 91.0 Å². The third-order valence-corrected chi connectivity index (χ3v) is 5.62. The summed E-state index contributed by atoms with van der Waals surface area (Å²) >= 11 is 0. The number of amides is 1. The Kier molecular flexibility index (Phi) is 6.69. The molecule has 0 saturated heterocycles. The Hall–Kier alpha value is -4.12. The molecule has 33 heavy (non-hydrogen) atoms. The summed E-state index contributed by atoms with van der Waals surface area (Å²) in [5, 5.41) is 14.0. The van der Waals surface area contributed by atoms with Crippen LogP contribution in [0.1, 0.15) is 27.0 Å². The Morgan fingerprint density at radius 1 is 0.879 bits per heavy atom. The number of carboxylic acid groups (broad SMARTS) is 1. The second-order valence-electron chi connectivity index (χ2n) is 7.99. The molecule has 0 fully saturated rings. The molecular formula is C28H25NO4. The van der Waals surface area contributed by atoms with E-state index in [1.807, 2.05) is 72.8 Å². The normalized spacial score (nSPS) is 11.7. The van der Waals surface area contributed by atoms with Gasteiger partial charge >= 0.3 is 5.97 Å². The van der Waals surface area contributed by atoms with Gasteiger partial charge < -0.3 is 15.2 Å². The molecule has 0 radical (unpaired) electrons. The molecule has 0 aromatic heterocycles.